The molecule has 0 radical (unpaired) electrons. The number of halogens is 2. The molecule has 3 nitrogen and oxygen atoms in total. The van der Waals surface area contributed by atoms with Gasteiger partial charge in [0.2, 0.25) is 0 Å². The molecule has 0 bridgehead atoms. The molecule has 72 valence electrons. The predicted molar refractivity (Wildman–Crippen MR) is 59.2 cm³/mol. The van der Waals surface area contributed by atoms with Crippen molar-refractivity contribution in [1.82, 2.24) is 4.98 Å². The van der Waals surface area contributed by atoms with Crippen molar-refractivity contribution in [1.29, 1.82) is 0 Å². The summed E-state index contributed by atoms with van der Waals surface area (Å²) in [6.07, 6.45) is 1.52. The zero-order valence-corrected chi connectivity index (χ0v) is 10.3. The van der Waals surface area contributed by atoms with Crippen LogP contribution in [0.15, 0.2) is 18.3 Å². The molecule has 1 aromatic rings. The van der Waals surface area contributed by atoms with E-state index in [1.54, 1.807) is 19.2 Å². The highest BCUT2D eigenvalue weighted by Gasteiger charge is 2.04. The van der Waals surface area contributed by atoms with E-state index in [1.165, 1.54) is 6.20 Å². The standard InChI is InChI=1S/C8H8BrNO2.BrH/c1-12-6-2-3-7(10-5-6)8(11)4-9;/h2-3,5H,4H2,1H3;1H. The van der Waals surface area contributed by atoms with Gasteiger partial charge in [-0.15, -0.1) is 17.0 Å². The highest BCUT2D eigenvalue weighted by Crippen LogP contribution is 2.08. The summed E-state index contributed by atoms with van der Waals surface area (Å²) in [6.45, 7) is 0. The average molecular weight is 311 g/mol. The number of rotatable bonds is 3. The van der Waals surface area contributed by atoms with Crippen LogP contribution >= 0.6 is 32.9 Å². The van der Waals surface area contributed by atoms with E-state index in [-0.39, 0.29) is 22.8 Å². The van der Waals surface area contributed by atoms with Crippen LogP contribution in [0.25, 0.3) is 0 Å². The Bertz CT molecular complexity index is 274. The maximum atomic E-state index is 11.1. The molecule has 0 aromatic carbocycles. The first-order valence-electron chi connectivity index (χ1n) is 3.37. The molecule has 5 heteroatoms. The van der Waals surface area contributed by atoms with Crippen LogP contribution in [0, 0.1) is 0 Å². The van der Waals surface area contributed by atoms with Gasteiger partial charge in [-0.25, -0.2) is 4.98 Å². The van der Waals surface area contributed by atoms with Crippen LogP contribution in [0.2, 0.25) is 0 Å². The Hall–Kier alpha value is -0.420. The van der Waals surface area contributed by atoms with E-state index < -0.39 is 0 Å². The summed E-state index contributed by atoms with van der Waals surface area (Å²) in [5.41, 5.74) is 0.452. The summed E-state index contributed by atoms with van der Waals surface area (Å²) in [7, 11) is 1.56. The number of ketones is 1. The highest BCUT2D eigenvalue weighted by atomic mass is 79.9. The van der Waals surface area contributed by atoms with Gasteiger partial charge < -0.3 is 4.74 Å². The normalized spacial score (nSPS) is 8.77. The summed E-state index contributed by atoms with van der Waals surface area (Å²) in [5.74, 6) is 0.624. The lowest BCUT2D eigenvalue weighted by Crippen LogP contribution is -2.02. The molecule has 0 aliphatic carbocycles. The third-order valence-electron chi connectivity index (χ3n) is 1.38. The van der Waals surface area contributed by atoms with Gasteiger partial charge in [-0.3, -0.25) is 4.79 Å². The maximum absolute atomic E-state index is 11.1. The molecule has 0 saturated carbocycles. The molecule has 13 heavy (non-hydrogen) atoms. The van der Waals surface area contributed by atoms with Gasteiger partial charge in [0.1, 0.15) is 11.4 Å². The predicted octanol–water partition coefficient (Wildman–Crippen LogP) is 2.25. The number of Topliss-reactive ketones (excluding diaryl/α,β-unsaturated/α-hetero) is 1. The average Bonchev–Trinajstić information content (AvgIpc) is 2.17. The number of carbonyl (C=O) groups is 1. The van der Waals surface area contributed by atoms with Crippen molar-refractivity contribution in [3.05, 3.63) is 24.0 Å². The maximum Gasteiger partial charge on any atom is 0.191 e. The van der Waals surface area contributed by atoms with E-state index in [2.05, 4.69) is 20.9 Å². The second kappa shape index (κ2) is 6.10. The van der Waals surface area contributed by atoms with Gasteiger partial charge in [0.25, 0.3) is 0 Å². The monoisotopic (exact) mass is 309 g/mol. The molecule has 0 amide bonds. The molecule has 0 saturated heterocycles. The number of pyridine rings is 1. The molecule has 1 aromatic heterocycles. The first-order chi connectivity index (χ1) is 5.77. The molecule has 1 rings (SSSR count). The summed E-state index contributed by atoms with van der Waals surface area (Å²) >= 11 is 3.07. The van der Waals surface area contributed by atoms with Crippen LogP contribution in [0.4, 0.5) is 0 Å². The summed E-state index contributed by atoms with van der Waals surface area (Å²) in [6, 6.07) is 3.35. The van der Waals surface area contributed by atoms with Crippen molar-refractivity contribution in [2.24, 2.45) is 0 Å². The molecule has 0 atom stereocenters. The second-order valence-corrected chi connectivity index (χ2v) is 2.70. The van der Waals surface area contributed by atoms with Gasteiger partial charge in [0, 0.05) is 0 Å². The first-order valence-corrected chi connectivity index (χ1v) is 4.49. The molecule has 0 N–H and O–H groups in total. The van der Waals surface area contributed by atoms with Crippen molar-refractivity contribution >= 4 is 38.7 Å². The van der Waals surface area contributed by atoms with Gasteiger partial charge in [-0.05, 0) is 12.1 Å². The first kappa shape index (κ1) is 12.6. The summed E-state index contributed by atoms with van der Waals surface area (Å²) < 4.78 is 4.90. The molecule has 0 fully saturated rings. The number of nitrogens with zero attached hydrogens (tertiary/aromatic N) is 1. The van der Waals surface area contributed by atoms with Crippen molar-refractivity contribution in [3.8, 4) is 5.75 Å². The summed E-state index contributed by atoms with van der Waals surface area (Å²) in [4.78, 5) is 15.0. The number of ether oxygens (including phenoxy) is 1. The second-order valence-electron chi connectivity index (χ2n) is 2.14. The fourth-order valence-corrected chi connectivity index (χ4v) is 1.02. The third kappa shape index (κ3) is 3.44. The SMILES string of the molecule is Br.COc1ccc(C(=O)CBr)nc1. The Morgan fingerprint density at radius 3 is 2.69 bits per heavy atom. The van der Waals surface area contributed by atoms with E-state index in [0.717, 1.165) is 0 Å². The topological polar surface area (TPSA) is 39.2 Å². The van der Waals surface area contributed by atoms with Gasteiger partial charge in [0.05, 0.1) is 18.6 Å². The Morgan fingerprint density at radius 1 is 1.62 bits per heavy atom. The lowest BCUT2D eigenvalue weighted by atomic mass is 10.3. The lowest BCUT2D eigenvalue weighted by molar-refractivity contribution is 0.101. The van der Waals surface area contributed by atoms with Crippen LogP contribution in [0.1, 0.15) is 10.5 Å². The minimum absolute atomic E-state index is 0. The molecule has 0 aliphatic heterocycles. The molecule has 1 heterocycles. The molecule has 0 spiro atoms. The van der Waals surface area contributed by atoms with Gasteiger partial charge >= 0.3 is 0 Å². The Morgan fingerprint density at radius 2 is 2.31 bits per heavy atom. The van der Waals surface area contributed by atoms with Crippen molar-refractivity contribution in [3.63, 3.8) is 0 Å². The number of methoxy groups -OCH3 is 1. The Balaban J connectivity index is 0.00000144. The zero-order valence-electron chi connectivity index (χ0n) is 6.99. The van der Waals surface area contributed by atoms with E-state index >= 15 is 0 Å². The Kier molecular flexibility index (Phi) is 5.90. The zero-order chi connectivity index (χ0) is 8.97. The fourth-order valence-electron chi connectivity index (χ4n) is 0.734. The molecular weight excluding hydrogens is 302 g/mol. The minimum Gasteiger partial charge on any atom is -0.495 e. The van der Waals surface area contributed by atoms with Gasteiger partial charge in [-0.1, -0.05) is 15.9 Å². The number of carbonyl (C=O) groups excluding carboxylic acids is 1. The number of hydrogen-bond acceptors (Lipinski definition) is 3. The fraction of sp³-hybridized carbons (Fsp3) is 0.250. The highest BCUT2D eigenvalue weighted by molar-refractivity contribution is 9.09. The largest absolute Gasteiger partial charge is 0.495 e. The van der Waals surface area contributed by atoms with Crippen LogP contribution in [-0.4, -0.2) is 23.2 Å². The third-order valence-corrected chi connectivity index (χ3v) is 1.89. The van der Waals surface area contributed by atoms with Crippen molar-refractivity contribution in [2.45, 2.75) is 0 Å². The molecule has 0 aliphatic rings. The van der Waals surface area contributed by atoms with Crippen LogP contribution in [0.3, 0.4) is 0 Å². The lowest BCUT2D eigenvalue weighted by Gasteiger charge is -1.99. The quantitative estimate of drug-likeness (QED) is 0.635. The van der Waals surface area contributed by atoms with E-state index in [9.17, 15) is 4.79 Å². The van der Waals surface area contributed by atoms with Gasteiger partial charge in [0.15, 0.2) is 5.78 Å². The number of alkyl halides is 1. The molecule has 0 unspecified atom stereocenters. The van der Waals surface area contributed by atoms with Crippen LogP contribution < -0.4 is 4.74 Å². The van der Waals surface area contributed by atoms with Crippen LogP contribution in [0.5, 0.6) is 5.75 Å². The van der Waals surface area contributed by atoms with Crippen molar-refractivity contribution < 1.29 is 9.53 Å². The smallest absolute Gasteiger partial charge is 0.191 e. The van der Waals surface area contributed by atoms with Gasteiger partial charge in [-0.2, -0.15) is 0 Å². The van der Waals surface area contributed by atoms with Crippen molar-refractivity contribution in [2.75, 3.05) is 12.4 Å². The van der Waals surface area contributed by atoms with Crippen LogP contribution in [-0.2, 0) is 0 Å². The number of aromatic nitrogens is 1. The van der Waals surface area contributed by atoms with E-state index in [0.29, 0.717) is 16.8 Å². The molecular formula is C8H9Br2NO2. The van der Waals surface area contributed by atoms with E-state index in [4.69, 9.17) is 4.74 Å². The minimum atomic E-state index is -0.0300. The Labute approximate surface area is 95.4 Å². The number of hydrogen-bond donors (Lipinski definition) is 0. The van der Waals surface area contributed by atoms with E-state index in [1.807, 2.05) is 0 Å². The summed E-state index contributed by atoms with van der Waals surface area (Å²) in [5, 5.41) is 0.298.